The molecule has 3 aromatic carbocycles. The zero-order valence-electron chi connectivity index (χ0n) is 23.0. The third kappa shape index (κ3) is 6.86. The van der Waals surface area contributed by atoms with Gasteiger partial charge in [0.2, 0.25) is 0 Å². The van der Waals surface area contributed by atoms with E-state index in [4.69, 9.17) is 4.74 Å². The van der Waals surface area contributed by atoms with Gasteiger partial charge in [-0.25, -0.2) is 4.39 Å². The van der Waals surface area contributed by atoms with Crippen LogP contribution in [0.25, 0.3) is 11.1 Å². The van der Waals surface area contributed by atoms with Crippen LogP contribution in [0.4, 0.5) is 43.9 Å². The van der Waals surface area contributed by atoms with Crippen LogP contribution in [0.5, 0.6) is 5.75 Å². The van der Waals surface area contributed by atoms with Crippen molar-refractivity contribution in [3.05, 3.63) is 100 Å². The molecule has 1 fully saturated rings. The van der Waals surface area contributed by atoms with E-state index in [9.17, 15) is 43.9 Å². The minimum Gasteiger partial charge on any atom is -0.496 e. The Morgan fingerprint density at radius 3 is 1.93 bits per heavy atom. The summed E-state index contributed by atoms with van der Waals surface area (Å²) < 4.78 is 142. The summed E-state index contributed by atoms with van der Waals surface area (Å²) in [5.74, 6) is -0.716. The van der Waals surface area contributed by atoms with Gasteiger partial charge in [-0.05, 0) is 64.6 Å². The summed E-state index contributed by atoms with van der Waals surface area (Å²) in [7, 11) is 1.28. The first-order chi connectivity index (χ1) is 19.8. The number of halogens is 10. The van der Waals surface area contributed by atoms with Crippen molar-refractivity contribution < 1.29 is 48.6 Å². The Labute approximate surface area is 240 Å². The lowest BCUT2D eigenvalue weighted by molar-refractivity contribution is -0.143. The number of methoxy groups -OCH3 is 1. The van der Waals surface area contributed by atoms with E-state index in [1.807, 2.05) is 0 Å². The second-order valence-corrected chi connectivity index (χ2v) is 10.5. The number of ether oxygens (including phenoxy) is 1. The van der Waals surface area contributed by atoms with E-state index in [0.717, 1.165) is 18.2 Å². The fourth-order valence-corrected chi connectivity index (χ4v) is 5.00. The predicted molar refractivity (Wildman–Crippen MR) is 139 cm³/mol. The van der Waals surface area contributed by atoms with Crippen molar-refractivity contribution in [1.82, 2.24) is 10.2 Å². The molecule has 1 N–H and O–H groups in total. The molecule has 0 bridgehead atoms. The van der Waals surface area contributed by atoms with E-state index in [-0.39, 0.29) is 52.4 Å². The van der Waals surface area contributed by atoms with Gasteiger partial charge in [0.05, 0.1) is 35.7 Å². The SMILES string of the molecule is C=C1NC(c2cc(C(F)(F)F)ccc2-c2cc(C(C)C)c(F)cc2OC)CN1Cc1cc(C(F)(F)F)cc(C(F)(F)F)c1. The van der Waals surface area contributed by atoms with Gasteiger partial charge in [-0.3, -0.25) is 0 Å². The first-order valence-corrected chi connectivity index (χ1v) is 12.9. The van der Waals surface area contributed by atoms with E-state index in [0.29, 0.717) is 17.7 Å². The smallest absolute Gasteiger partial charge is 0.416 e. The monoisotopic (exact) mass is 620 g/mol. The lowest BCUT2D eigenvalue weighted by atomic mass is 9.89. The van der Waals surface area contributed by atoms with E-state index in [1.165, 1.54) is 24.1 Å². The lowest BCUT2D eigenvalue weighted by Gasteiger charge is -2.22. The van der Waals surface area contributed by atoms with E-state index < -0.39 is 53.6 Å². The van der Waals surface area contributed by atoms with Gasteiger partial charge in [-0.15, -0.1) is 0 Å². The molecule has 3 nitrogen and oxygen atoms in total. The molecule has 1 aliphatic rings. The summed E-state index contributed by atoms with van der Waals surface area (Å²) in [6.45, 7) is 6.66. The molecule has 4 rings (SSSR count). The van der Waals surface area contributed by atoms with Crippen LogP contribution in [-0.4, -0.2) is 18.6 Å². The average molecular weight is 621 g/mol. The Bertz CT molecular complexity index is 1490. The van der Waals surface area contributed by atoms with Gasteiger partial charge in [-0.2, -0.15) is 39.5 Å². The van der Waals surface area contributed by atoms with Gasteiger partial charge in [0, 0.05) is 24.7 Å². The quantitative estimate of drug-likeness (QED) is 0.278. The summed E-state index contributed by atoms with van der Waals surface area (Å²) in [6.07, 6.45) is -14.8. The molecule has 1 aliphatic heterocycles. The Morgan fingerprint density at radius 1 is 0.837 bits per heavy atom. The minimum absolute atomic E-state index is 0.0137. The molecule has 3 aromatic rings. The fraction of sp³-hybridized carbons (Fsp3) is 0.333. The number of nitrogens with zero attached hydrogens (tertiary/aromatic N) is 1. The summed E-state index contributed by atoms with van der Waals surface area (Å²) in [5.41, 5.74) is -3.35. The molecular weight excluding hydrogens is 594 g/mol. The van der Waals surface area contributed by atoms with E-state index in [2.05, 4.69) is 11.9 Å². The Morgan fingerprint density at radius 2 is 1.42 bits per heavy atom. The molecule has 0 radical (unpaired) electrons. The number of hydrogen-bond acceptors (Lipinski definition) is 3. The second kappa shape index (κ2) is 11.3. The molecule has 43 heavy (non-hydrogen) atoms. The molecule has 232 valence electrons. The molecule has 13 heteroatoms. The number of hydrogen-bond donors (Lipinski definition) is 1. The van der Waals surface area contributed by atoms with Crippen molar-refractivity contribution >= 4 is 0 Å². The zero-order valence-corrected chi connectivity index (χ0v) is 23.0. The van der Waals surface area contributed by atoms with Gasteiger partial charge in [-0.1, -0.05) is 26.5 Å². The molecule has 1 saturated heterocycles. The molecule has 1 heterocycles. The van der Waals surface area contributed by atoms with Crippen LogP contribution in [0.15, 0.2) is 60.9 Å². The van der Waals surface area contributed by atoms with Crippen molar-refractivity contribution in [1.29, 1.82) is 0 Å². The highest BCUT2D eigenvalue weighted by Crippen LogP contribution is 2.43. The van der Waals surface area contributed by atoms with Gasteiger partial charge >= 0.3 is 18.5 Å². The van der Waals surface area contributed by atoms with Crippen molar-refractivity contribution in [2.75, 3.05) is 13.7 Å². The number of alkyl halides is 9. The fourth-order valence-electron chi connectivity index (χ4n) is 5.00. The standard InChI is InChI=1S/C30H26F10N2O/c1-15(2)22-11-24(27(43-4)12-25(22)31)21-6-5-18(28(32,33)34)10-23(21)26-14-42(16(3)41-26)13-17-7-19(29(35,36)37)9-20(8-17)30(38,39)40/h5-12,15,26,41H,3,13-14H2,1-2,4H3. The topological polar surface area (TPSA) is 24.5 Å². The lowest BCUT2D eigenvalue weighted by Crippen LogP contribution is -2.20. The first kappa shape index (κ1) is 32.0. The molecule has 0 saturated carbocycles. The maximum absolute atomic E-state index is 14.7. The molecule has 0 amide bonds. The highest BCUT2D eigenvalue weighted by molar-refractivity contribution is 5.75. The van der Waals surface area contributed by atoms with Crippen molar-refractivity contribution in [2.24, 2.45) is 0 Å². The number of nitrogens with one attached hydrogen (secondary N) is 1. The molecule has 0 spiro atoms. The van der Waals surface area contributed by atoms with E-state index in [1.54, 1.807) is 13.8 Å². The number of benzene rings is 3. The van der Waals surface area contributed by atoms with Crippen LogP contribution in [-0.2, 0) is 25.1 Å². The van der Waals surface area contributed by atoms with Crippen LogP contribution < -0.4 is 10.1 Å². The maximum atomic E-state index is 14.7. The highest BCUT2D eigenvalue weighted by atomic mass is 19.4. The predicted octanol–water partition coefficient (Wildman–Crippen LogP) is 9.30. The van der Waals surface area contributed by atoms with Crippen LogP contribution in [0.2, 0.25) is 0 Å². The highest BCUT2D eigenvalue weighted by Gasteiger charge is 2.38. The van der Waals surface area contributed by atoms with Gasteiger partial charge in [0.25, 0.3) is 0 Å². The molecule has 1 unspecified atom stereocenters. The molecular formula is C30H26F10N2O. The number of rotatable bonds is 6. The van der Waals surface area contributed by atoms with Crippen molar-refractivity contribution in [3.63, 3.8) is 0 Å². The van der Waals surface area contributed by atoms with Crippen LogP contribution in [0, 0.1) is 5.82 Å². The Balaban J connectivity index is 1.78. The van der Waals surface area contributed by atoms with Crippen molar-refractivity contribution in [3.8, 4) is 16.9 Å². The van der Waals surface area contributed by atoms with Crippen LogP contribution in [0.1, 0.15) is 59.2 Å². The average Bonchev–Trinajstić information content (AvgIpc) is 3.25. The van der Waals surface area contributed by atoms with Gasteiger partial charge < -0.3 is 15.0 Å². The van der Waals surface area contributed by atoms with Crippen molar-refractivity contribution in [2.45, 2.75) is 50.9 Å². The summed E-state index contributed by atoms with van der Waals surface area (Å²) in [4.78, 5) is 1.34. The van der Waals surface area contributed by atoms with Crippen LogP contribution >= 0.6 is 0 Å². The van der Waals surface area contributed by atoms with Gasteiger partial charge in [0.1, 0.15) is 11.6 Å². The molecule has 0 aliphatic carbocycles. The first-order valence-electron chi connectivity index (χ1n) is 12.9. The zero-order chi connectivity index (χ0) is 32.1. The third-order valence-corrected chi connectivity index (χ3v) is 7.13. The van der Waals surface area contributed by atoms with E-state index >= 15 is 0 Å². The molecule has 1 atom stereocenters. The molecule has 0 aromatic heterocycles. The Kier molecular flexibility index (Phi) is 8.42. The summed E-state index contributed by atoms with van der Waals surface area (Å²) in [5, 5.41) is 2.91. The minimum atomic E-state index is -5.05. The largest absolute Gasteiger partial charge is 0.496 e. The maximum Gasteiger partial charge on any atom is 0.416 e. The van der Waals surface area contributed by atoms with Crippen LogP contribution in [0.3, 0.4) is 0 Å². The Hall–Kier alpha value is -3.90. The normalized spacial score (nSPS) is 16.2. The summed E-state index contributed by atoms with van der Waals surface area (Å²) >= 11 is 0. The second-order valence-electron chi connectivity index (χ2n) is 10.5. The summed E-state index contributed by atoms with van der Waals surface area (Å²) in [6, 6.07) is 5.85. The third-order valence-electron chi connectivity index (χ3n) is 7.13. The van der Waals surface area contributed by atoms with Gasteiger partial charge in [0.15, 0.2) is 0 Å².